The van der Waals surface area contributed by atoms with E-state index in [0.717, 1.165) is 22.4 Å². The Balaban J connectivity index is 1.81. The summed E-state index contributed by atoms with van der Waals surface area (Å²) < 4.78 is 34.6. The molecule has 7 nitrogen and oxygen atoms in total. The highest BCUT2D eigenvalue weighted by molar-refractivity contribution is 7.89. The second-order valence-electron chi connectivity index (χ2n) is 7.92. The summed E-state index contributed by atoms with van der Waals surface area (Å²) in [5, 5.41) is 0. The molecule has 0 aliphatic rings. The van der Waals surface area contributed by atoms with Crippen molar-refractivity contribution < 1.29 is 17.9 Å². The van der Waals surface area contributed by atoms with Crippen LogP contribution in [-0.4, -0.2) is 32.1 Å². The van der Waals surface area contributed by atoms with Gasteiger partial charge < -0.3 is 9.30 Å². The quantitative estimate of drug-likeness (QED) is 0.353. The number of carbonyl (C=O) groups is 1. The molecule has 178 valence electrons. The van der Waals surface area contributed by atoms with Gasteiger partial charge in [-0.25, -0.2) is 22.8 Å². The highest BCUT2D eigenvalue weighted by Gasteiger charge is 2.26. The van der Waals surface area contributed by atoms with E-state index in [1.54, 1.807) is 42.8 Å². The normalized spacial score (nSPS) is 11.3. The first-order chi connectivity index (χ1) is 16.2. The predicted octanol–water partition coefficient (Wildman–Crippen LogP) is 4.81. The van der Waals surface area contributed by atoms with Gasteiger partial charge in [0.2, 0.25) is 15.7 Å². The molecule has 0 radical (unpaired) electrons. The maximum atomic E-state index is 12.7. The fraction of sp³-hybridized carbons (Fsp3) is 0.308. The zero-order chi connectivity index (χ0) is 24.9. The van der Waals surface area contributed by atoms with Crippen molar-refractivity contribution >= 4 is 21.7 Å². The molecule has 8 heteroatoms. The van der Waals surface area contributed by atoms with Crippen molar-refractivity contribution in [1.29, 1.82) is 0 Å². The topological polar surface area (TPSA) is 81.8 Å². The number of nitrogens with zero attached hydrogens (tertiary/aromatic N) is 2. The molecule has 0 aliphatic carbocycles. The van der Waals surface area contributed by atoms with Crippen LogP contribution < -0.4 is 4.72 Å². The minimum atomic E-state index is -3.57. The standard InChI is InChI=1S/C26H29N3O4S/c1-6-22-24(27-4)23(25(29(22)5)26(30)33-7-2)20-12-10-19(11-13-20)16-17-28-34(31,32)21-14-8-18(3)9-15-21/h8-15,28H,6-7,16-17H2,1-3,5H3. The Morgan fingerprint density at radius 2 is 1.74 bits per heavy atom. The lowest BCUT2D eigenvalue weighted by Gasteiger charge is -2.10. The van der Waals surface area contributed by atoms with Crippen molar-refractivity contribution in [1.82, 2.24) is 9.29 Å². The minimum Gasteiger partial charge on any atom is -0.461 e. The molecule has 0 aliphatic heterocycles. The van der Waals surface area contributed by atoms with Gasteiger partial charge in [0, 0.05) is 24.8 Å². The Morgan fingerprint density at radius 3 is 2.29 bits per heavy atom. The van der Waals surface area contributed by atoms with E-state index in [-0.39, 0.29) is 18.0 Å². The van der Waals surface area contributed by atoms with Crippen LogP contribution in [0.5, 0.6) is 0 Å². The Kier molecular flexibility index (Phi) is 7.92. The molecule has 0 atom stereocenters. The van der Waals surface area contributed by atoms with Gasteiger partial charge in [0.25, 0.3) is 0 Å². The number of aromatic nitrogens is 1. The van der Waals surface area contributed by atoms with E-state index in [4.69, 9.17) is 11.3 Å². The Morgan fingerprint density at radius 1 is 1.09 bits per heavy atom. The number of esters is 1. The summed E-state index contributed by atoms with van der Waals surface area (Å²) >= 11 is 0. The molecule has 0 saturated heterocycles. The Hall–Kier alpha value is -3.41. The van der Waals surface area contributed by atoms with Gasteiger partial charge in [-0.3, -0.25) is 0 Å². The lowest BCUT2D eigenvalue weighted by atomic mass is 10.0. The zero-order valence-electron chi connectivity index (χ0n) is 19.9. The molecular formula is C26H29N3O4S. The maximum Gasteiger partial charge on any atom is 0.354 e. The van der Waals surface area contributed by atoms with Gasteiger partial charge in [0.05, 0.1) is 18.1 Å². The number of aryl methyl sites for hydroxylation is 1. The van der Waals surface area contributed by atoms with Crippen molar-refractivity contribution in [3.63, 3.8) is 0 Å². The second kappa shape index (κ2) is 10.7. The molecule has 0 fully saturated rings. The van der Waals surface area contributed by atoms with Crippen LogP contribution in [0.3, 0.4) is 0 Å². The summed E-state index contributed by atoms with van der Waals surface area (Å²) in [7, 11) is -1.79. The molecule has 3 rings (SSSR count). The highest BCUT2D eigenvalue weighted by Crippen LogP contribution is 2.39. The van der Waals surface area contributed by atoms with Crippen LogP contribution in [0.1, 0.15) is 41.2 Å². The molecule has 2 aromatic carbocycles. The molecule has 3 aromatic rings. The molecule has 0 bridgehead atoms. The van der Waals surface area contributed by atoms with Crippen LogP contribution in [0.15, 0.2) is 53.4 Å². The number of hydrogen-bond acceptors (Lipinski definition) is 4. The molecule has 0 spiro atoms. The van der Waals surface area contributed by atoms with E-state index >= 15 is 0 Å². The lowest BCUT2D eigenvalue weighted by Crippen LogP contribution is -2.25. The summed E-state index contributed by atoms with van der Waals surface area (Å²) in [4.78, 5) is 16.6. The van der Waals surface area contributed by atoms with Gasteiger partial charge in [-0.15, -0.1) is 0 Å². The van der Waals surface area contributed by atoms with Gasteiger partial charge >= 0.3 is 5.97 Å². The fourth-order valence-corrected chi connectivity index (χ4v) is 4.96. The third-order valence-corrected chi connectivity index (χ3v) is 7.16. The summed E-state index contributed by atoms with van der Waals surface area (Å²) in [6.07, 6.45) is 1.11. The first-order valence-corrected chi connectivity index (χ1v) is 12.6. The molecule has 0 unspecified atom stereocenters. The average Bonchev–Trinajstić information content (AvgIpc) is 3.11. The Bertz CT molecular complexity index is 1320. The van der Waals surface area contributed by atoms with Crippen LogP contribution >= 0.6 is 0 Å². The van der Waals surface area contributed by atoms with Crippen LogP contribution in [0.2, 0.25) is 0 Å². The average molecular weight is 480 g/mol. The van der Waals surface area contributed by atoms with E-state index in [1.807, 2.05) is 38.1 Å². The summed E-state index contributed by atoms with van der Waals surface area (Å²) in [6, 6.07) is 14.2. The number of benzene rings is 2. The van der Waals surface area contributed by atoms with E-state index < -0.39 is 16.0 Å². The summed E-state index contributed by atoms with van der Waals surface area (Å²) in [5.74, 6) is -0.459. The number of ether oxygens (including phenoxy) is 1. The molecule has 34 heavy (non-hydrogen) atoms. The third-order valence-electron chi connectivity index (χ3n) is 5.68. The number of hydrogen-bond donors (Lipinski definition) is 1. The molecule has 0 saturated carbocycles. The third kappa shape index (κ3) is 5.22. The van der Waals surface area contributed by atoms with Crippen molar-refractivity contribution in [3.8, 4) is 11.1 Å². The van der Waals surface area contributed by atoms with Crippen molar-refractivity contribution in [3.05, 3.63) is 82.5 Å². The predicted molar refractivity (Wildman–Crippen MR) is 133 cm³/mol. The van der Waals surface area contributed by atoms with E-state index in [2.05, 4.69) is 9.57 Å². The van der Waals surface area contributed by atoms with Crippen LogP contribution in [0, 0.1) is 13.5 Å². The molecule has 1 aromatic heterocycles. The molecule has 0 amide bonds. The number of sulfonamides is 1. The van der Waals surface area contributed by atoms with E-state index in [1.165, 1.54) is 0 Å². The van der Waals surface area contributed by atoms with Crippen LogP contribution in [0.25, 0.3) is 16.0 Å². The number of carbonyl (C=O) groups excluding carboxylic acids is 1. The minimum absolute atomic E-state index is 0.238. The molecule has 1 N–H and O–H groups in total. The number of rotatable bonds is 9. The van der Waals surface area contributed by atoms with Gasteiger partial charge in [-0.1, -0.05) is 48.9 Å². The van der Waals surface area contributed by atoms with Gasteiger partial charge in [0.15, 0.2) is 0 Å². The maximum absolute atomic E-state index is 12.7. The number of nitrogens with one attached hydrogen (secondary N) is 1. The molecular weight excluding hydrogens is 450 g/mol. The monoisotopic (exact) mass is 479 g/mol. The van der Waals surface area contributed by atoms with Crippen LogP contribution in [0.4, 0.5) is 5.69 Å². The molecule has 1 heterocycles. The van der Waals surface area contributed by atoms with E-state index in [9.17, 15) is 13.2 Å². The highest BCUT2D eigenvalue weighted by atomic mass is 32.2. The van der Waals surface area contributed by atoms with Crippen LogP contribution in [-0.2, 0) is 34.6 Å². The van der Waals surface area contributed by atoms with Gasteiger partial charge in [-0.05, 0) is 49.9 Å². The van der Waals surface area contributed by atoms with Crippen molar-refractivity contribution in [2.24, 2.45) is 7.05 Å². The smallest absolute Gasteiger partial charge is 0.354 e. The second-order valence-corrected chi connectivity index (χ2v) is 9.69. The zero-order valence-corrected chi connectivity index (χ0v) is 20.7. The van der Waals surface area contributed by atoms with Crippen molar-refractivity contribution in [2.45, 2.75) is 38.5 Å². The Labute approximate surface area is 201 Å². The largest absolute Gasteiger partial charge is 0.461 e. The first kappa shape index (κ1) is 25.2. The SMILES string of the molecule is [C-]#[N+]c1c(-c2ccc(CCNS(=O)(=O)c3ccc(C)cc3)cc2)c(C(=O)OCC)n(C)c1CC. The summed E-state index contributed by atoms with van der Waals surface area (Å²) in [5.41, 5.74) is 4.84. The van der Waals surface area contributed by atoms with Crippen molar-refractivity contribution in [2.75, 3.05) is 13.2 Å². The van der Waals surface area contributed by atoms with Gasteiger partial charge in [0.1, 0.15) is 5.69 Å². The fourth-order valence-electron chi connectivity index (χ4n) is 3.92. The van der Waals surface area contributed by atoms with E-state index in [0.29, 0.717) is 29.8 Å². The first-order valence-electron chi connectivity index (χ1n) is 11.1. The summed E-state index contributed by atoms with van der Waals surface area (Å²) in [6.45, 7) is 13.8. The van der Waals surface area contributed by atoms with Gasteiger partial charge in [-0.2, -0.15) is 0 Å². The lowest BCUT2D eigenvalue weighted by molar-refractivity contribution is 0.0516.